The number of pyridine rings is 1. The van der Waals surface area contributed by atoms with E-state index in [1.54, 1.807) is 0 Å². The van der Waals surface area contributed by atoms with E-state index in [-0.39, 0.29) is 5.91 Å². The minimum absolute atomic E-state index is 0.0448. The van der Waals surface area contributed by atoms with Gasteiger partial charge >= 0.3 is 0 Å². The second kappa shape index (κ2) is 8.72. The number of carbonyl (C=O) groups excluding carboxylic acids is 1. The summed E-state index contributed by atoms with van der Waals surface area (Å²) in [4.78, 5) is 21.1. The molecule has 1 fully saturated rings. The van der Waals surface area contributed by atoms with Crippen molar-refractivity contribution in [2.75, 3.05) is 37.6 Å². The van der Waals surface area contributed by atoms with Gasteiger partial charge in [-0.25, -0.2) is 4.98 Å². The van der Waals surface area contributed by atoms with Crippen molar-refractivity contribution < 1.29 is 4.79 Å². The number of anilines is 1. The number of fused-ring (bicyclic) bond motifs is 1. The topological polar surface area (TPSA) is 72.3 Å². The maximum atomic E-state index is 12.3. The Balaban J connectivity index is 1.36. The highest BCUT2D eigenvalue weighted by Crippen LogP contribution is 2.27. The minimum Gasteiger partial charge on any atom is -0.368 e. The number of nitrogens with zero attached hydrogens (tertiary/aromatic N) is 4. The molecule has 1 saturated heterocycles. The molecule has 1 aliphatic heterocycles. The van der Waals surface area contributed by atoms with E-state index in [4.69, 9.17) is 0 Å². The lowest BCUT2D eigenvalue weighted by Gasteiger charge is -2.36. The first-order chi connectivity index (χ1) is 14.2. The lowest BCUT2D eigenvalue weighted by Crippen LogP contribution is -2.49. The summed E-state index contributed by atoms with van der Waals surface area (Å²) in [5.74, 6) is 0.0448. The fraction of sp³-hybridized carbons (Fsp3) is 0.261. The molecule has 6 heteroatoms. The average molecular weight is 385 g/mol. The van der Waals surface area contributed by atoms with Crippen molar-refractivity contribution in [1.82, 2.24) is 15.2 Å². The van der Waals surface area contributed by atoms with Gasteiger partial charge in [-0.05, 0) is 17.7 Å². The van der Waals surface area contributed by atoms with Crippen LogP contribution in [-0.4, -0.2) is 48.5 Å². The molecule has 4 rings (SSSR count). The quantitative estimate of drug-likeness (QED) is 0.731. The molecule has 0 bridgehead atoms. The zero-order valence-electron chi connectivity index (χ0n) is 16.2. The van der Waals surface area contributed by atoms with Gasteiger partial charge in [-0.1, -0.05) is 48.5 Å². The van der Waals surface area contributed by atoms with Gasteiger partial charge in [-0.15, -0.1) is 0 Å². The SMILES string of the molecule is N#Cc1cc(N2CCN(CC(=O)NCc3ccccc3)CC2)c2ccccc2n1. The van der Waals surface area contributed by atoms with Crippen LogP contribution in [0, 0.1) is 11.3 Å². The number of piperazine rings is 1. The van der Waals surface area contributed by atoms with Gasteiger partial charge in [0.2, 0.25) is 5.91 Å². The number of nitriles is 1. The molecule has 146 valence electrons. The van der Waals surface area contributed by atoms with Crippen molar-refractivity contribution in [2.45, 2.75) is 6.54 Å². The molecule has 2 heterocycles. The Bertz CT molecular complexity index is 1040. The first-order valence-electron chi connectivity index (χ1n) is 9.81. The molecule has 0 aliphatic carbocycles. The van der Waals surface area contributed by atoms with Crippen LogP contribution in [0.1, 0.15) is 11.3 Å². The van der Waals surface area contributed by atoms with Crippen molar-refractivity contribution in [3.63, 3.8) is 0 Å². The van der Waals surface area contributed by atoms with E-state index in [0.717, 1.165) is 48.3 Å². The van der Waals surface area contributed by atoms with Crippen molar-refractivity contribution in [3.8, 4) is 6.07 Å². The third-order valence-electron chi connectivity index (χ3n) is 5.22. The van der Waals surface area contributed by atoms with E-state index in [2.05, 4.69) is 26.2 Å². The largest absolute Gasteiger partial charge is 0.368 e. The van der Waals surface area contributed by atoms with Crippen LogP contribution in [-0.2, 0) is 11.3 Å². The first-order valence-corrected chi connectivity index (χ1v) is 9.81. The van der Waals surface area contributed by atoms with E-state index >= 15 is 0 Å². The molecule has 0 spiro atoms. The molecule has 0 atom stereocenters. The highest BCUT2D eigenvalue weighted by molar-refractivity contribution is 5.92. The molecule has 0 radical (unpaired) electrons. The number of aromatic nitrogens is 1. The molecule has 1 amide bonds. The molecule has 0 saturated carbocycles. The van der Waals surface area contributed by atoms with Gasteiger partial charge in [0.05, 0.1) is 12.1 Å². The van der Waals surface area contributed by atoms with Crippen LogP contribution < -0.4 is 10.2 Å². The fourth-order valence-corrected chi connectivity index (χ4v) is 3.68. The summed E-state index contributed by atoms with van der Waals surface area (Å²) in [6.45, 7) is 4.19. The van der Waals surface area contributed by atoms with Gasteiger partial charge in [0.25, 0.3) is 0 Å². The molecule has 0 unspecified atom stereocenters. The predicted molar refractivity (Wildman–Crippen MR) is 113 cm³/mol. The molecule has 1 aromatic heterocycles. The van der Waals surface area contributed by atoms with Crippen LogP contribution in [0.5, 0.6) is 0 Å². The molecule has 1 aliphatic rings. The maximum absolute atomic E-state index is 12.3. The van der Waals surface area contributed by atoms with Crippen LogP contribution in [0.15, 0.2) is 60.7 Å². The van der Waals surface area contributed by atoms with Crippen molar-refractivity contribution in [3.05, 3.63) is 71.9 Å². The average Bonchev–Trinajstić information content (AvgIpc) is 2.78. The third kappa shape index (κ3) is 4.53. The number of hydrogen-bond donors (Lipinski definition) is 1. The van der Waals surface area contributed by atoms with Crippen LogP contribution in [0.4, 0.5) is 5.69 Å². The third-order valence-corrected chi connectivity index (χ3v) is 5.22. The number of nitrogens with one attached hydrogen (secondary N) is 1. The molecule has 2 aromatic carbocycles. The second-order valence-corrected chi connectivity index (χ2v) is 7.18. The first kappa shape index (κ1) is 18.9. The highest BCUT2D eigenvalue weighted by atomic mass is 16.2. The van der Waals surface area contributed by atoms with Crippen LogP contribution in [0.2, 0.25) is 0 Å². The molecular weight excluding hydrogens is 362 g/mol. The van der Waals surface area contributed by atoms with E-state index in [1.807, 2.05) is 60.7 Å². The van der Waals surface area contributed by atoms with Crippen molar-refractivity contribution in [2.24, 2.45) is 0 Å². The van der Waals surface area contributed by atoms with Gasteiger partial charge in [0, 0.05) is 43.8 Å². The number of carbonyl (C=O) groups is 1. The summed E-state index contributed by atoms with van der Waals surface area (Å²) in [5.41, 5.74) is 3.41. The van der Waals surface area contributed by atoms with E-state index < -0.39 is 0 Å². The molecule has 1 N–H and O–H groups in total. The summed E-state index contributed by atoms with van der Waals surface area (Å²) in [5, 5.41) is 13.4. The summed E-state index contributed by atoms with van der Waals surface area (Å²) in [6.07, 6.45) is 0. The van der Waals surface area contributed by atoms with Gasteiger partial charge in [0.15, 0.2) is 0 Å². The summed E-state index contributed by atoms with van der Waals surface area (Å²) < 4.78 is 0. The fourth-order valence-electron chi connectivity index (χ4n) is 3.68. The smallest absolute Gasteiger partial charge is 0.234 e. The standard InChI is InChI=1S/C23H23N5O/c24-15-19-14-22(20-8-4-5-9-21(20)26-19)28-12-10-27(11-13-28)17-23(29)25-16-18-6-2-1-3-7-18/h1-9,14H,10-13,16-17H2,(H,25,29). The highest BCUT2D eigenvalue weighted by Gasteiger charge is 2.21. The van der Waals surface area contributed by atoms with Gasteiger partial charge in [-0.2, -0.15) is 5.26 Å². The lowest BCUT2D eigenvalue weighted by atomic mass is 10.1. The Morgan fingerprint density at radius 2 is 1.76 bits per heavy atom. The zero-order valence-corrected chi connectivity index (χ0v) is 16.2. The van der Waals surface area contributed by atoms with E-state index in [0.29, 0.717) is 18.8 Å². The second-order valence-electron chi connectivity index (χ2n) is 7.18. The lowest BCUT2D eigenvalue weighted by molar-refractivity contribution is -0.122. The molecule has 6 nitrogen and oxygen atoms in total. The summed E-state index contributed by atoms with van der Waals surface area (Å²) in [6, 6.07) is 21.9. The van der Waals surface area contributed by atoms with Gasteiger partial charge in [0.1, 0.15) is 11.8 Å². The number of rotatable bonds is 5. The maximum Gasteiger partial charge on any atom is 0.234 e. The Morgan fingerprint density at radius 1 is 1.03 bits per heavy atom. The Morgan fingerprint density at radius 3 is 2.52 bits per heavy atom. The zero-order chi connectivity index (χ0) is 20.1. The Hall–Kier alpha value is -3.43. The number of amides is 1. The Labute approximate surface area is 170 Å². The number of hydrogen-bond acceptors (Lipinski definition) is 5. The Kier molecular flexibility index (Phi) is 5.68. The van der Waals surface area contributed by atoms with Gasteiger partial charge < -0.3 is 10.2 Å². The summed E-state index contributed by atoms with van der Waals surface area (Å²) in [7, 11) is 0. The molecule has 29 heavy (non-hydrogen) atoms. The van der Waals surface area contributed by atoms with Crippen LogP contribution in [0.3, 0.4) is 0 Å². The van der Waals surface area contributed by atoms with E-state index in [9.17, 15) is 10.1 Å². The molecule has 3 aromatic rings. The monoisotopic (exact) mass is 385 g/mol. The van der Waals surface area contributed by atoms with Gasteiger partial charge in [-0.3, -0.25) is 9.69 Å². The predicted octanol–water partition coefficient (Wildman–Crippen LogP) is 2.54. The van der Waals surface area contributed by atoms with Crippen molar-refractivity contribution in [1.29, 1.82) is 5.26 Å². The minimum atomic E-state index is 0.0448. The van der Waals surface area contributed by atoms with Crippen LogP contribution >= 0.6 is 0 Å². The molecular formula is C23H23N5O. The van der Waals surface area contributed by atoms with Crippen molar-refractivity contribution >= 4 is 22.5 Å². The number of benzene rings is 2. The summed E-state index contributed by atoms with van der Waals surface area (Å²) >= 11 is 0. The normalized spacial score (nSPS) is 14.5. The van der Waals surface area contributed by atoms with E-state index in [1.165, 1.54) is 0 Å². The number of para-hydroxylation sites is 1. The van der Waals surface area contributed by atoms with Crippen LogP contribution in [0.25, 0.3) is 10.9 Å².